The van der Waals surface area contributed by atoms with Gasteiger partial charge in [-0.25, -0.2) is 0 Å². The van der Waals surface area contributed by atoms with Gasteiger partial charge in [0.25, 0.3) is 5.91 Å². The van der Waals surface area contributed by atoms with Gasteiger partial charge in [-0.05, 0) is 50.2 Å². The largest absolute Gasteiger partial charge is 0.466 e. The van der Waals surface area contributed by atoms with Crippen molar-refractivity contribution >= 4 is 29.5 Å². The van der Waals surface area contributed by atoms with Crippen LogP contribution in [-0.4, -0.2) is 46.1 Å². The van der Waals surface area contributed by atoms with E-state index in [0.717, 1.165) is 23.5 Å². The van der Waals surface area contributed by atoms with Gasteiger partial charge in [-0.2, -0.15) is 0 Å². The maximum absolute atomic E-state index is 12.9. The summed E-state index contributed by atoms with van der Waals surface area (Å²) in [4.78, 5) is 28.1. The van der Waals surface area contributed by atoms with Crippen LogP contribution in [0.15, 0.2) is 36.4 Å². The molecule has 0 radical (unpaired) electrons. The summed E-state index contributed by atoms with van der Waals surface area (Å²) in [5, 5.41) is 3.93. The van der Waals surface area contributed by atoms with Crippen molar-refractivity contribution in [1.82, 2.24) is 14.5 Å². The third-order valence-corrected chi connectivity index (χ3v) is 5.85. The highest BCUT2D eigenvalue weighted by Crippen LogP contribution is 2.36. The van der Waals surface area contributed by atoms with Crippen molar-refractivity contribution in [3.05, 3.63) is 52.5 Å². The lowest BCUT2D eigenvalue weighted by Crippen LogP contribution is -2.50. The molecule has 148 valence electrons. The first-order valence-electron chi connectivity index (χ1n) is 9.53. The summed E-state index contributed by atoms with van der Waals surface area (Å²) >= 11 is 1.10. The number of piperidine rings is 1. The van der Waals surface area contributed by atoms with Crippen LogP contribution in [0, 0.1) is 12.3 Å². The second kappa shape index (κ2) is 9.10. The van der Waals surface area contributed by atoms with Gasteiger partial charge < -0.3 is 9.64 Å². The Balaban J connectivity index is 1.80. The van der Waals surface area contributed by atoms with Crippen molar-refractivity contribution < 1.29 is 14.3 Å². The Labute approximate surface area is 169 Å². The lowest BCUT2D eigenvalue weighted by Gasteiger charge is -2.40. The fourth-order valence-electron chi connectivity index (χ4n) is 3.56. The van der Waals surface area contributed by atoms with E-state index in [9.17, 15) is 9.59 Å². The summed E-state index contributed by atoms with van der Waals surface area (Å²) in [5.74, 6) is -0.336. The molecule has 0 N–H and O–H groups in total. The number of hydrogen-bond donors (Lipinski definition) is 0. The highest BCUT2D eigenvalue weighted by atomic mass is 32.1. The monoisotopic (exact) mass is 399 g/mol. The summed E-state index contributed by atoms with van der Waals surface area (Å²) < 4.78 is 9.26. The topological polar surface area (TPSA) is 72.4 Å². The molecule has 1 saturated heterocycles. The third kappa shape index (κ3) is 4.47. The Hall–Kier alpha value is -2.54. The second-order valence-corrected chi connectivity index (χ2v) is 7.79. The first-order chi connectivity index (χ1) is 13.6. The van der Waals surface area contributed by atoms with Crippen LogP contribution in [0.5, 0.6) is 0 Å². The van der Waals surface area contributed by atoms with Crippen LogP contribution in [0.1, 0.15) is 47.1 Å². The zero-order valence-electron chi connectivity index (χ0n) is 16.3. The molecule has 0 aliphatic carbocycles. The first kappa shape index (κ1) is 20.2. The number of nitrogens with zero attached hydrogens (tertiary/aromatic N) is 3. The Morgan fingerprint density at radius 1 is 1.32 bits per heavy atom. The predicted octanol–water partition coefficient (Wildman–Crippen LogP) is 3.74. The summed E-state index contributed by atoms with van der Waals surface area (Å²) in [7, 11) is 0. The van der Waals surface area contributed by atoms with E-state index >= 15 is 0 Å². The number of ether oxygens (including phenoxy) is 1. The van der Waals surface area contributed by atoms with Crippen LogP contribution < -0.4 is 0 Å². The number of aryl methyl sites for hydroxylation is 1. The van der Waals surface area contributed by atoms with E-state index < -0.39 is 5.41 Å². The number of hydrogen-bond acceptors (Lipinski definition) is 6. The number of benzene rings is 1. The molecule has 1 aromatic carbocycles. The number of amides is 1. The molecule has 1 aliphatic heterocycles. The van der Waals surface area contributed by atoms with Crippen LogP contribution in [0.3, 0.4) is 0 Å². The van der Waals surface area contributed by atoms with Crippen molar-refractivity contribution in [2.75, 3.05) is 19.7 Å². The third-order valence-electron chi connectivity index (χ3n) is 5.04. The number of rotatable bonds is 6. The van der Waals surface area contributed by atoms with Crippen molar-refractivity contribution in [2.45, 2.75) is 33.1 Å². The fourth-order valence-corrected chi connectivity index (χ4v) is 4.19. The lowest BCUT2D eigenvalue weighted by atomic mass is 9.76. The van der Waals surface area contributed by atoms with Crippen LogP contribution >= 0.6 is 11.5 Å². The van der Waals surface area contributed by atoms with E-state index in [4.69, 9.17) is 4.74 Å². The lowest BCUT2D eigenvalue weighted by molar-refractivity contribution is -0.158. The minimum atomic E-state index is -0.721. The molecule has 3 rings (SSSR count). The Morgan fingerprint density at radius 3 is 2.79 bits per heavy atom. The number of aromatic nitrogens is 2. The molecule has 0 saturated carbocycles. The highest BCUT2D eigenvalue weighted by Gasteiger charge is 2.44. The Kier molecular flexibility index (Phi) is 6.57. The molecule has 1 amide bonds. The normalized spacial score (nSPS) is 19.7. The molecule has 2 heterocycles. The van der Waals surface area contributed by atoms with Gasteiger partial charge in [0.15, 0.2) is 0 Å². The summed E-state index contributed by atoms with van der Waals surface area (Å²) in [6.07, 6.45) is 6.02. The maximum atomic E-state index is 12.9. The quantitative estimate of drug-likeness (QED) is 0.692. The molecule has 1 fully saturated rings. The van der Waals surface area contributed by atoms with Gasteiger partial charge in [-0.1, -0.05) is 47.0 Å². The first-order valence-corrected chi connectivity index (χ1v) is 10.3. The van der Waals surface area contributed by atoms with Gasteiger partial charge in [0.2, 0.25) is 0 Å². The summed E-state index contributed by atoms with van der Waals surface area (Å²) in [6, 6.07) is 9.96. The number of carbonyl (C=O) groups excluding carboxylic acids is 2. The molecule has 0 bridgehead atoms. The zero-order chi connectivity index (χ0) is 20.0. The number of esters is 1. The molecule has 1 aromatic heterocycles. The highest BCUT2D eigenvalue weighted by molar-refractivity contribution is 7.07. The van der Waals surface area contributed by atoms with Gasteiger partial charge in [0.1, 0.15) is 4.88 Å². The van der Waals surface area contributed by atoms with Crippen LogP contribution in [0.25, 0.3) is 6.08 Å². The molecule has 1 atom stereocenters. The van der Waals surface area contributed by atoms with Crippen LogP contribution in [0.4, 0.5) is 0 Å². The standard InChI is InChI=1S/C21H25N3O3S/c1-3-27-20(26)21(12-7-11-17-9-5-4-6-10-17)13-8-14-24(15-21)19(25)18-16(2)22-23-28-18/h4-7,9-11H,3,8,12-15H2,1-2H3/b11-7+. The molecule has 0 spiro atoms. The molecule has 1 unspecified atom stereocenters. The van der Waals surface area contributed by atoms with Gasteiger partial charge in [-0.15, -0.1) is 5.10 Å². The minimum absolute atomic E-state index is 0.104. The van der Waals surface area contributed by atoms with E-state index in [1.54, 1.807) is 11.8 Å². The van der Waals surface area contributed by atoms with Gasteiger partial charge in [0, 0.05) is 13.1 Å². The van der Waals surface area contributed by atoms with Crippen molar-refractivity contribution in [2.24, 2.45) is 5.41 Å². The Bertz CT molecular complexity index is 850. The van der Waals surface area contributed by atoms with Crippen molar-refractivity contribution in [3.8, 4) is 0 Å². The molecule has 2 aromatic rings. The van der Waals surface area contributed by atoms with E-state index in [2.05, 4.69) is 9.59 Å². The van der Waals surface area contributed by atoms with E-state index in [-0.39, 0.29) is 11.9 Å². The van der Waals surface area contributed by atoms with Crippen LogP contribution in [-0.2, 0) is 9.53 Å². The summed E-state index contributed by atoms with van der Waals surface area (Å²) in [5.41, 5.74) is 0.990. The number of carbonyl (C=O) groups is 2. The Morgan fingerprint density at radius 2 is 2.11 bits per heavy atom. The molecular formula is C21H25N3O3S. The molecule has 7 heteroatoms. The summed E-state index contributed by atoms with van der Waals surface area (Å²) in [6.45, 7) is 4.89. The number of likely N-dealkylation sites (tertiary alicyclic amines) is 1. The average Bonchev–Trinajstić information content (AvgIpc) is 3.14. The molecular weight excluding hydrogens is 374 g/mol. The van der Waals surface area contributed by atoms with E-state index in [0.29, 0.717) is 43.1 Å². The van der Waals surface area contributed by atoms with Gasteiger partial charge >= 0.3 is 5.97 Å². The molecule has 1 aliphatic rings. The smallest absolute Gasteiger partial charge is 0.314 e. The van der Waals surface area contributed by atoms with Gasteiger partial charge in [0.05, 0.1) is 17.7 Å². The SMILES string of the molecule is CCOC(=O)C1(C/C=C/c2ccccc2)CCCN(C(=O)c2snnc2C)C1. The van der Waals surface area contributed by atoms with Crippen molar-refractivity contribution in [1.29, 1.82) is 0 Å². The van der Waals surface area contributed by atoms with Crippen LogP contribution in [0.2, 0.25) is 0 Å². The fraction of sp³-hybridized carbons (Fsp3) is 0.429. The number of allylic oxidation sites excluding steroid dienone is 1. The van der Waals surface area contributed by atoms with Gasteiger partial charge in [-0.3, -0.25) is 9.59 Å². The predicted molar refractivity (Wildman–Crippen MR) is 109 cm³/mol. The molecule has 6 nitrogen and oxygen atoms in total. The van der Waals surface area contributed by atoms with E-state index in [1.807, 2.05) is 49.4 Å². The van der Waals surface area contributed by atoms with Crippen molar-refractivity contribution in [3.63, 3.8) is 0 Å². The second-order valence-electron chi connectivity index (χ2n) is 7.04. The average molecular weight is 400 g/mol. The minimum Gasteiger partial charge on any atom is -0.466 e. The van der Waals surface area contributed by atoms with E-state index in [1.165, 1.54) is 0 Å². The zero-order valence-corrected chi connectivity index (χ0v) is 17.1. The maximum Gasteiger partial charge on any atom is 0.314 e. The molecule has 28 heavy (non-hydrogen) atoms.